The summed E-state index contributed by atoms with van der Waals surface area (Å²) in [4.78, 5) is 28.7. The van der Waals surface area contributed by atoms with Crippen molar-refractivity contribution in [2.45, 2.75) is 52.2 Å². The molecule has 0 aliphatic carbocycles. The fourth-order valence-corrected chi connectivity index (χ4v) is 4.00. The van der Waals surface area contributed by atoms with Gasteiger partial charge in [-0.25, -0.2) is 0 Å². The van der Waals surface area contributed by atoms with Gasteiger partial charge >= 0.3 is 0 Å². The van der Waals surface area contributed by atoms with Gasteiger partial charge in [-0.3, -0.25) is 9.59 Å². The average molecular weight is 584 g/mol. The summed E-state index contributed by atoms with van der Waals surface area (Å²) in [6, 6.07) is 24.8. The van der Waals surface area contributed by atoms with Crippen LogP contribution in [0.3, 0.4) is 0 Å². The Balaban J connectivity index is 1.89. The van der Waals surface area contributed by atoms with Crippen molar-refractivity contribution in [3.05, 3.63) is 99.1 Å². The van der Waals surface area contributed by atoms with Crippen LogP contribution in [-0.2, 0) is 22.6 Å². The van der Waals surface area contributed by atoms with Crippen molar-refractivity contribution in [3.8, 4) is 5.75 Å². The van der Waals surface area contributed by atoms with Gasteiger partial charge in [-0.1, -0.05) is 67.1 Å². The van der Waals surface area contributed by atoms with E-state index in [-0.39, 0.29) is 24.5 Å². The third-order valence-electron chi connectivity index (χ3n) is 5.92. The fourth-order valence-electron chi connectivity index (χ4n) is 3.64. The summed E-state index contributed by atoms with van der Waals surface area (Å²) in [7, 11) is 0. The standard InChI is InChI=1S/C29H33IN2O3/c1-4-22(3)31-29(34)27(18-23-8-6-5-7-9-23)32(19-24-12-10-21(2)11-13-24)28(33)20-35-26-16-14-25(30)15-17-26/h5-17,22,27H,4,18-20H2,1-3H3,(H,31,34)/t22-,27-/m0/s1. The summed E-state index contributed by atoms with van der Waals surface area (Å²) >= 11 is 2.23. The maximum atomic E-state index is 13.6. The van der Waals surface area contributed by atoms with Crippen molar-refractivity contribution in [1.29, 1.82) is 0 Å². The molecule has 0 spiro atoms. The maximum absolute atomic E-state index is 13.6. The van der Waals surface area contributed by atoms with E-state index in [2.05, 4.69) is 27.9 Å². The van der Waals surface area contributed by atoms with Gasteiger partial charge in [0.25, 0.3) is 5.91 Å². The van der Waals surface area contributed by atoms with E-state index in [0.717, 1.165) is 26.7 Å². The largest absolute Gasteiger partial charge is 0.484 e. The van der Waals surface area contributed by atoms with Crippen LogP contribution in [0.15, 0.2) is 78.9 Å². The molecule has 3 aromatic rings. The quantitative estimate of drug-likeness (QED) is 0.302. The van der Waals surface area contributed by atoms with Crippen LogP contribution in [0.25, 0.3) is 0 Å². The number of halogens is 1. The molecule has 0 saturated carbocycles. The lowest BCUT2D eigenvalue weighted by Crippen LogP contribution is -2.53. The molecule has 0 aromatic heterocycles. The van der Waals surface area contributed by atoms with Crippen molar-refractivity contribution in [1.82, 2.24) is 10.2 Å². The first-order chi connectivity index (χ1) is 16.9. The third kappa shape index (κ3) is 8.38. The SMILES string of the molecule is CC[C@H](C)NC(=O)[C@H](Cc1ccccc1)N(Cc1ccc(C)cc1)C(=O)COc1ccc(I)cc1. The lowest BCUT2D eigenvalue weighted by Gasteiger charge is -2.32. The number of hydrogen-bond acceptors (Lipinski definition) is 3. The first kappa shape index (κ1) is 26.7. The molecule has 2 amide bonds. The highest BCUT2D eigenvalue weighted by atomic mass is 127. The number of amides is 2. The molecule has 0 radical (unpaired) electrons. The summed E-state index contributed by atoms with van der Waals surface area (Å²) in [6.07, 6.45) is 1.23. The summed E-state index contributed by atoms with van der Waals surface area (Å²) in [6.45, 7) is 6.21. The second-order valence-corrected chi connectivity index (χ2v) is 10.0. The van der Waals surface area contributed by atoms with Crippen LogP contribution in [0, 0.1) is 10.5 Å². The number of carbonyl (C=O) groups excluding carboxylic acids is 2. The summed E-state index contributed by atoms with van der Waals surface area (Å²) in [5.41, 5.74) is 3.11. The van der Waals surface area contributed by atoms with E-state index in [1.807, 2.05) is 99.6 Å². The molecule has 184 valence electrons. The van der Waals surface area contributed by atoms with E-state index in [9.17, 15) is 9.59 Å². The summed E-state index contributed by atoms with van der Waals surface area (Å²) in [5, 5.41) is 3.09. The number of nitrogens with zero attached hydrogens (tertiary/aromatic N) is 1. The van der Waals surface area contributed by atoms with Crippen molar-refractivity contribution in [2.24, 2.45) is 0 Å². The first-order valence-electron chi connectivity index (χ1n) is 11.9. The molecule has 0 bridgehead atoms. The molecule has 0 saturated heterocycles. The van der Waals surface area contributed by atoms with Gasteiger partial charge in [-0.2, -0.15) is 0 Å². The summed E-state index contributed by atoms with van der Waals surface area (Å²) < 4.78 is 6.91. The maximum Gasteiger partial charge on any atom is 0.261 e. The molecule has 1 N–H and O–H groups in total. The minimum absolute atomic E-state index is 0.0140. The Bertz CT molecular complexity index is 1090. The highest BCUT2D eigenvalue weighted by molar-refractivity contribution is 14.1. The minimum atomic E-state index is -0.666. The molecule has 0 fully saturated rings. The molecule has 35 heavy (non-hydrogen) atoms. The molecule has 0 aliphatic heterocycles. The fraction of sp³-hybridized carbons (Fsp3) is 0.310. The van der Waals surface area contributed by atoms with Crippen molar-refractivity contribution in [2.75, 3.05) is 6.61 Å². The summed E-state index contributed by atoms with van der Waals surface area (Å²) in [5.74, 6) is 0.236. The molecular weight excluding hydrogens is 551 g/mol. The Morgan fingerprint density at radius 3 is 2.23 bits per heavy atom. The molecule has 2 atom stereocenters. The van der Waals surface area contributed by atoms with Crippen LogP contribution in [0.2, 0.25) is 0 Å². The van der Waals surface area contributed by atoms with E-state index in [1.165, 1.54) is 0 Å². The number of aryl methyl sites for hydroxylation is 1. The van der Waals surface area contributed by atoms with Crippen LogP contribution in [0.4, 0.5) is 0 Å². The van der Waals surface area contributed by atoms with Gasteiger partial charge in [0, 0.05) is 22.6 Å². The Hall–Kier alpha value is -2.87. The van der Waals surface area contributed by atoms with Crippen molar-refractivity contribution in [3.63, 3.8) is 0 Å². The lowest BCUT2D eigenvalue weighted by molar-refractivity contribution is -0.143. The highest BCUT2D eigenvalue weighted by Gasteiger charge is 2.31. The topological polar surface area (TPSA) is 58.6 Å². The predicted octanol–water partition coefficient (Wildman–Crippen LogP) is 5.53. The molecule has 6 heteroatoms. The van der Waals surface area contributed by atoms with Crippen molar-refractivity contribution >= 4 is 34.4 Å². The van der Waals surface area contributed by atoms with E-state index < -0.39 is 6.04 Å². The zero-order valence-electron chi connectivity index (χ0n) is 20.5. The second-order valence-electron chi connectivity index (χ2n) is 8.77. The van der Waals surface area contributed by atoms with Gasteiger partial charge < -0.3 is 15.0 Å². The molecule has 3 aromatic carbocycles. The predicted molar refractivity (Wildman–Crippen MR) is 148 cm³/mol. The van der Waals surface area contributed by atoms with Crippen LogP contribution < -0.4 is 10.1 Å². The molecule has 0 unspecified atom stereocenters. The van der Waals surface area contributed by atoms with E-state index in [0.29, 0.717) is 18.7 Å². The zero-order chi connectivity index (χ0) is 25.2. The smallest absolute Gasteiger partial charge is 0.261 e. The van der Waals surface area contributed by atoms with E-state index >= 15 is 0 Å². The monoisotopic (exact) mass is 584 g/mol. The highest BCUT2D eigenvalue weighted by Crippen LogP contribution is 2.18. The van der Waals surface area contributed by atoms with Gasteiger partial charge in [0.1, 0.15) is 11.8 Å². The minimum Gasteiger partial charge on any atom is -0.484 e. The zero-order valence-corrected chi connectivity index (χ0v) is 22.7. The number of nitrogens with one attached hydrogen (secondary N) is 1. The Kier molecular flexibility index (Phi) is 10.1. The average Bonchev–Trinajstić information content (AvgIpc) is 2.87. The van der Waals surface area contributed by atoms with Gasteiger partial charge in [0.05, 0.1) is 0 Å². The van der Waals surface area contributed by atoms with Crippen LogP contribution in [0.5, 0.6) is 5.75 Å². The van der Waals surface area contributed by atoms with E-state index in [4.69, 9.17) is 4.74 Å². The number of hydrogen-bond donors (Lipinski definition) is 1. The molecular formula is C29H33IN2O3. The Labute approximate surface area is 222 Å². The van der Waals surface area contributed by atoms with Crippen LogP contribution in [0.1, 0.15) is 37.0 Å². The third-order valence-corrected chi connectivity index (χ3v) is 6.64. The van der Waals surface area contributed by atoms with Crippen LogP contribution in [-0.4, -0.2) is 35.4 Å². The van der Waals surface area contributed by atoms with Gasteiger partial charge in [0.2, 0.25) is 5.91 Å². The molecule has 5 nitrogen and oxygen atoms in total. The molecule has 0 heterocycles. The number of carbonyl (C=O) groups is 2. The lowest BCUT2D eigenvalue weighted by atomic mass is 10.0. The second kappa shape index (κ2) is 13.3. The normalized spacial score (nSPS) is 12.5. The number of benzene rings is 3. The Morgan fingerprint density at radius 1 is 0.943 bits per heavy atom. The van der Waals surface area contributed by atoms with Gasteiger partial charge in [-0.15, -0.1) is 0 Å². The van der Waals surface area contributed by atoms with Gasteiger partial charge in [0.15, 0.2) is 6.61 Å². The van der Waals surface area contributed by atoms with E-state index in [1.54, 1.807) is 4.90 Å². The van der Waals surface area contributed by atoms with Crippen LogP contribution >= 0.6 is 22.6 Å². The molecule has 0 aliphatic rings. The first-order valence-corrected chi connectivity index (χ1v) is 13.0. The van der Waals surface area contributed by atoms with Gasteiger partial charge in [-0.05, 0) is 78.3 Å². The Morgan fingerprint density at radius 2 is 1.60 bits per heavy atom. The molecule has 3 rings (SSSR count). The van der Waals surface area contributed by atoms with Crippen molar-refractivity contribution < 1.29 is 14.3 Å². The number of rotatable bonds is 11. The number of ether oxygens (including phenoxy) is 1.